The first-order chi connectivity index (χ1) is 8.98. The summed E-state index contributed by atoms with van der Waals surface area (Å²) in [7, 11) is 3.48. The van der Waals surface area contributed by atoms with Crippen LogP contribution >= 0.6 is 15.9 Å². The minimum Gasteiger partial charge on any atom is -0.496 e. The highest BCUT2D eigenvalue weighted by atomic mass is 79.9. The van der Waals surface area contributed by atoms with E-state index in [1.807, 2.05) is 30.1 Å². The lowest BCUT2D eigenvalue weighted by Crippen LogP contribution is -2.55. The van der Waals surface area contributed by atoms with E-state index in [1.165, 1.54) is 0 Å². The molecule has 6 heteroatoms. The minimum absolute atomic E-state index is 0.268. The van der Waals surface area contributed by atoms with E-state index >= 15 is 0 Å². The van der Waals surface area contributed by atoms with Crippen LogP contribution in [0.1, 0.15) is 0 Å². The minimum atomic E-state index is -0.807. The number of hydrogen-bond donors (Lipinski definition) is 1. The van der Waals surface area contributed by atoms with Gasteiger partial charge in [0.2, 0.25) is 0 Å². The number of ether oxygens (including phenoxy) is 2. The molecule has 0 aromatic heterocycles. The third kappa shape index (κ3) is 2.69. The van der Waals surface area contributed by atoms with Crippen LogP contribution in [0.5, 0.6) is 5.75 Å². The molecule has 0 saturated carbocycles. The summed E-state index contributed by atoms with van der Waals surface area (Å²) in [6.45, 7) is 0.953. The van der Waals surface area contributed by atoms with Gasteiger partial charge in [0.1, 0.15) is 11.2 Å². The molecule has 1 aromatic rings. The number of anilines is 1. The zero-order valence-corrected chi connectivity index (χ0v) is 12.4. The van der Waals surface area contributed by atoms with Crippen molar-refractivity contribution in [2.24, 2.45) is 5.41 Å². The van der Waals surface area contributed by atoms with Crippen molar-refractivity contribution < 1.29 is 19.4 Å². The number of hydrogen-bond acceptors (Lipinski definition) is 4. The van der Waals surface area contributed by atoms with Gasteiger partial charge in [-0.3, -0.25) is 4.79 Å². The standard InChI is InChI=1S/C13H16BrNO4/c1-15(6-13(12(16)17)7-19-8-13)9-3-4-11(18-2)10(14)5-9/h3-5H,6-8H2,1-2H3,(H,16,17). The zero-order chi connectivity index (χ0) is 14.0. The van der Waals surface area contributed by atoms with Crippen LogP contribution in [0.15, 0.2) is 22.7 Å². The Balaban J connectivity index is 2.13. The van der Waals surface area contributed by atoms with Crippen molar-refractivity contribution in [3.63, 3.8) is 0 Å². The first kappa shape index (κ1) is 14.1. The Morgan fingerprint density at radius 1 is 1.58 bits per heavy atom. The number of benzene rings is 1. The summed E-state index contributed by atoms with van der Waals surface area (Å²) in [5.74, 6) is -0.0600. The Bertz CT molecular complexity index is 488. The van der Waals surface area contributed by atoms with E-state index in [0.717, 1.165) is 15.9 Å². The quantitative estimate of drug-likeness (QED) is 0.895. The number of aliphatic carboxylic acids is 1. The maximum Gasteiger partial charge on any atom is 0.316 e. The molecule has 2 rings (SSSR count). The molecular formula is C13H16BrNO4. The molecule has 1 aliphatic heterocycles. The molecule has 1 aromatic carbocycles. The number of halogens is 1. The Morgan fingerprint density at radius 2 is 2.26 bits per heavy atom. The number of carboxylic acids is 1. The maximum atomic E-state index is 11.3. The van der Waals surface area contributed by atoms with Crippen LogP contribution in [-0.4, -0.2) is 45.0 Å². The number of rotatable bonds is 5. The Morgan fingerprint density at radius 3 is 2.68 bits per heavy atom. The van der Waals surface area contributed by atoms with Crippen LogP contribution in [0.3, 0.4) is 0 Å². The molecule has 1 saturated heterocycles. The van der Waals surface area contributed by atoms with E-state index in [-0.39, 0.29) is 13.2 Å². The molecule has 0 radical (unpaired) electrons. The summed E-state index contributed by atoms with van der Waals surface area (Å²) in [6.07, 6.45) is 0. The lowest BCUT2D eigenvalue weighted by molar-refractivity contribution is -0.177. The summed E-state index contributed by atoms with van der Waals surface area (Å²) in [5.41, 5.74) is 0.140. The molecule has 0 spiro atoms. The molecule has 0 atom stereocenters. The van der Waals surface area contributed by atoms with E-state index in [0.29, 0.717) is 6.54 Å². The van der Waals surface area contributed by atoms with Gasteiger partial charge in [-0.2, -0.15) is 0 Å². The molecule has 1 N–H and O–H groups in total. The van der Waals surface area contributed by atoms with Crippen LogP contribution < -0.4 is 9.64 Å². The molecule has 0 amide bonds. The number of carboxylic acid groups (broad SMARTS) is 1. The highest BCUT2D eigenvalue weighted by Gasteiger charge is 2.47. The van der Waals surface area contributed by atoms with E-state index in [9.17, 15) is 9.90 Å². The SMILES string of the molecule is COc1ccc(N(C)CC2(C(=O)O)COC2)cc1Br. The summed E-state index contributed by atoms with van der Waals surface area (Å²) < 4.78 is 11.1. The number of methoxy groups -OCH3 is 1. The highest BCUT2D eigenvalue weighted by Crippen LogP contribution is 2.33. The van der Waals surface area contributed by atoms with Gasteiger partial charge in [-0.1, -0.05) is 0 Å². The van der Waals surface area contributed by atoms with Gasteiger partial charge in [-0.25, -0.2) is 0 Å². The molecule has 1 fully saturated rings. The molecule has 1 aliphatic rings. The van der Waals surface area contributed by atoms with Crippen LogP contribution in [0.25, 0.3) is 0 Å². The topological polar surface area (TPSA) is 59.0 Å². The van der Waals surface area contributed by atoms with Crippen LogP contribution in [0, 0.1) is 5.41 Å². The van der Waals surface area contributed by atoms with Crippen molar-refractivity contribution in [1.29, 1.82) is 0 Å². The van der Waals surface area contributed by atoms with Crippen molar-refractivity contribution in [2.45, 2.75) is 0 Å². The van der Waals surface area contributed by atoms with Gasteiger partial charge >= 0.3 is 5.97 Å². The fourth-order valence-corrected chi connectivity index (χ4v) is 2.60. The Kier molecular flexibility index (Phi) is 4.01. The van der Waals surface area contributed by atoms with Gasteiger partial charge in [-0.05, 0) is 34.1 Å². The molecule has 0 unspecified atom stereocenters. The molecule has 104 valence electrons. The van der Waals surface area contributed by atoms with Crippen LogP contribution in [0.4, 0.5) is 5.69 Å². The van der Waals surface area contributed by atoms with E-state index in [4.69, 9.17) is 9.47 Å². The summed E-state index contributed by atoms with van der Waals surface area (Å²) in [6, 6.07) is 5.66. The summed E-state index contributed by atoms with van der Waals surface area (Å²) in [5, 5.41) is 9.28. The van der Waals surface area contributed by atoms with Crippen molar-refractivity contribution in [3.8, 4) is 5.75 Å². The third-order valence-corrected chi connectivity index (χ3v) is 3.95. The average Bonchev–Trinajstić information content (AvgIpc) is 2.32. The second-order valence-electron chi connectivity index (χ2n) is 4.75. The fourth-order valence-electron chi connectivity index (χ4n) is 2.07. The van der Waals surface area contributed by atoms with Gasteiger partial charge in [0.05, 0.1) is 24.8 Å². The van der Waals surface area contributed by atoms with E-state index in [1.54, 1.807) is 7.11 Å². The largest absolute Gasteiger partial charge is 0.496 e. The predicted octanol–water partition coefficient (Wildman–Crippen LogP) is 2.00. The molecule has 19 heavy (non-hydrogen) atoms. The second-order valence-corrected chi connectivity index (χ2v) is 5.61. The van der Waals surface area contributed by atoms with Gasteiger partial charge in [-0.15, -0.1) is 0 Å². The van der Waals surface area contributed by atoms with Crippen molar-refractivity contribution >= 4 is 27.6 Å². The molecule has 0 aliphatic carbocycles. The van der Waals surface area contributed by atoms with Gasteiger partial charge < -0.3 is 19.5 Å². The molecule has 1 heterocycles. The first-order valence-corrected chi connectivity index (χ1v) is 6.64. The predicted molar refractivity (Wildman–Crippen MR) is 74.9 cm³/mol. The average molecular weight is 330 g/mol. The van der Waals surface area contributed by atoms with E-state index < -0.39 is 11.4 Å². The van der Waals surface area contributed by atoms with Crippen LogP contribution in [-0.2, 0) is 9.53 Å². The van der Waals surface area contributed by atoms with Gasteiger partial charge in [0, 0.05) is 19.3 Å². The second kappa shape index (κ2) is 5.38. The first-order valence-electron chi connectivity index (χ1n) is 5.84. The number of nitrogens with zero attached hydrogens (tertiary/aromatic N) is 1. The normalized spacial score (nSPS) is 16.6. The van der Waals surface area contributed by atoms with Crippen molar-refractivity contribution in [3.05, 3.63) is 22.7 Å². The monoisotopic (exact) mass is 329 g/mol. The van der Waals surface area contributed by atoms with E-state index in [2.05, 4.69) is 15.9 Å². The Labute approximate surface area is 120 Å². The molecular weight excluding hydrogens is 314 g/mol. The molecule has 0 bridgehead atoms. The lowest BCUT2D eigenvalue weighted by Gasteiger charge is -2.40. The highest BCUT2D eigenvalue weighted by molar-refractivity contribution is 9.10. The van der Waals surface area contributed by atoms with Crippen molar-refractivity contribution in [2.75, 3.05) is 38.8 Å². The summed E-state index contributed by atoms with van der Waals surface area (Å²) in [4.78, 5) is 13.2. The third-order valence-electron chi connectivity index (χ3n) is 3.33. The summed E-state index contributed by atoms with van der Waals surface area (Å²) >= 11 is 3.42. The zero-order valence-electron chi connectivity index (χ0n) is 10.9. The lowest BCUT2D eigenvalue weighted by atomic mass is 9.85. The van der Waals surface area contributed by atoms with Crippen molar-refractivity contribution in [1.82, 2.24) is 0 Å². The van der Waals surface area contributed by atoms with Crippen LogP contribution in [0.2, 0.25) is 0 Å². The molecule has 5 nitrogen and oxygen atoms in total. The van der Waals surface area contributed by atoms with Gasteiger partial charge in [0.25, 0.3) is 0 Å². The smallest absolute Gasteiger partial charge is 0.316 e. The Hall–Kier alpha value is -1.27. The maximum absolute atomic E-state index is 11.3. The fraction of sp³-hybridized carbons (Fsp3) is 0.462. The number of carbonyl (C=O) groups is 1. The van der Waals surface area contributed by atoms with Gasteiger partial charge in [0.15, 0.2) is 0 Å².